The van der Waals surface area contributed by atoms with Crippen LogP contribution in [0.3, 0.4) is 0 Å². The van der Waals surface area contributed by atoms with Crippen molar-refractivity contribution >= 4 is 11.9 Å². The molecule has 2 N–H and O–H groups in total. The van der Waals surface area contributed by atoms with Crippen LogP contribution in [0.1, 0.15) is 36.3 Å². The Bertz CT molecular complexity index is 1170. The summed E-state index contributed by atoms with van der Waals surface area (Å²) in [4.78, 5) is 27.0. The van der Waals surface area contributed by atoms with Gasteiger partial charge in [0.2, 0.25) is 5.91 Å². The predicted molar refractivity (Wildman–Crippen MR) is 133 cm³/mol. The second kappa shape index (κ2) is 12.1. The summed E-state index contributed by atoms with van der Waals surface area (Å²) in [5.41, 5.74) is 0.146. The Morgan fingerprint density at radius 1 is 1.10 bits per heavy atom. The van der Waals surface area contributed by atoms with Crippen molar-refractivity contribution in [2.75, 3.05) is 40.0 Å². The SMILES string of the molecule is COCCCOc1cc(F)ccc1C1CNC(=O)NC12CCN(C(=O)Cc1ccccc1OC(F)(F)F)CC2. The number of carbonyl (C=O) groups is 2. The molecule has 4 rings (SSSR count). The number of alkyl halides is 3. The molecule has 2 aromatic carbocycles. The lowest BCUT2D eigenvalue weighted by atomic mass is 9.71. The molecule has 1 unspecified atom stereocenters. The van der Waals surface area contributed by atoms with Crippen molar-refractivity contribution in [3.8, 4) is 11.5 Å². The fourth-order valence-electron chi connectivity index (χ4n) is 5.24. The summed E-state index contributed by atoms with van der Waals surface area (Å²) < 4.78 is 67.5. The van der Waals surface area contributed by atoms with E-state index in [1.807, 2.05) is 0 Å². The van der Waals surface area contributed by atoms with Gasteiger partial charge >= 0.3 is 12.4 Å². The maximum Gasteiger partial charge on any atom is 0.573 e. The van der Waals surface area contributed by atoms with Crippen LogP contribution < -0.4 is 20.1 Å². The van der Waals surface area contributed by atoms with Gasteiger partial charge in [0.25, 0.3) is 0 Å². The highest BCUT2D eigenvalue weighted by Crippen LogP contribution is 2.42. The van der Waals surface area contributed by atoms with E-state index in [1.165, 1.54) is 30.3 Å². The third-order valence-electron chi connectivity index (χ3n) is 7.15. The molecule has 2 saturated heterocycles. The Balaban J connectivity index is 1.48. The number of amides is 3. The molecule has 0 aromatic heterocycles. The Labute approximate surface area is 223 Å². The molecule has 2 aromatic rings. The zero-order valence-electron chi connectivity index (χ0n) is 21.5. The van der Waals surface area contributed by atoms with Crippen LogP contribution in [0.5, 0.6) is 11.5 Å². The van der Waals surface area contributed by atoms with Crippen LogP contribution in [-0.4, -0.2) is 68.7 Å². The number of benzene rings is 2. The van der Waals surface area contributed by atoms with Crippen LogP contribution >= 0.6 is 0 Å². The summed E-state index contributed by atoms with van der Waals surface area (Å²) in [7, 11) is 1.58. The van der Waals surface area contributed by atoms with E-state index in [2.05, 4.69) is 15.4 Å². The lowest BCUT2D eigenvalue weighted by Gasteiger charge is -2.49. The molecular weight excluding hydrogens is 522 g/mol. The van der Waals surface area contributed by atoms with E-state index in [-0.39, 0.29) is 42.9 Å². The molecule has 1 spiro atoms. The number of methoxy groups -OCH3 is 1. The van der Waals surface area contributed by atoms with Crippen LogP contribution in [0.25, 0.3) is 0 Å². The Hall–Kier alpha value is -3.54. The van der Waals surface area contributed by atoms with Crippen molar-refractivity contribution in [3.05, 3.63) is 59.4 Å². The molecule has 1 atom stereocenters. The molecule has 0 radical (unpaired) electrons. The van der Waals surface area contributed by atoms with E-state index in [1.54, 1.807) is 24.1 Å². The zero-order valence-corrected chi connectivity index (χ0v) is 21.5. The number of carbonyl (C=O) groups excluding carboxylic acids is 2. The van der Waals surface area contributed by atoms with E-state index in [0.717, 1.165) is 5.56 Å². The smallest absolute Gasteiger partial charge is 0.493 e. The molecule has 3 amide bonds. The van der Waals surface area contributed by atoms with Crippen molar-refractivity contribution in [3.63, 3.8) is 0 Å². The quantitative estimate of drug-likeness (QED) is 0.360. The minimum absolute atomic E-state index is 0.134. The van der Waals surface area contributed by atoms with Gasteiger partial charge in [-0.2, -0.15) is 0 Å². The van der Waals surface area contributed by atoms with Gasteiger partial charge in [-0.3, -0.25) is 4.79 Å². The monoisotopic (exact) mass is 553 g/mol. The summed E-state index contributed by atoms with van der Waals surface area (Å²) in [5.74, 6) is -1.09. The van der Waals surface area contributed by atoms with Crippen LogP contribution in [0.2, 0.25) is 0 Å². The van der Waals surface area contributed by atoms with Gasteiger partial charge in [0, 0.05) is 62.9 Å². The number of rotatable bonds is 9. The average molecular weight is 554 g/mol. The summed E-state index contributed by atoms with van der Waals surface area (Å²) >= 11 is 0. The van der Waals surface area contributed by atoms with Crippen LogP contribution in [0, 0.1) is 5.82 Å². The minimum atomic E-state index is -4.87. The molecule has 2 heterocycles. The lowest BCUT2D eigenvalue weighted by molar-refractivity contribution is -0.274. The molecule has 0 saturated carbocycles. The van der Waals surface area contributed by atoms with E-state index >= 15 is 0 Å². The van der Waals surface area contributed by atoms with Crippen molar-refractivity contribution in [2.45, 2.75) is 43.5 Å². The first-order chi connectivity index (χ1) is 18.6. The summed E-state index contributed by atoms with van der Waals surface area (Å²) in [6.45, 7) is 1.67. The summed E-state index contributed by atoms with van der Waals surface area (Å²) in [6, 6.07) is 9.54. The van der Waals surface area contributed by atoms with Gasteiger partial charge < -0.3 is 29.7 Å². The van der Waals surface area contributed by atoms with Gasteiger partial charge in [-0.25, -0.2) is 9.18 Å². The molecular formula is C27H31F4N3O5. The number of likely N-dealkylation sites (tertiary alicyclic amines) is 1. The number of halogens is 4. The Morgan fingerprint density at radius 2 is 1.85 bits per heavy atom. The molecule has 2 aliphatic heterocycles. The maximum atomic E-state index is 14.1. The summed E-state index contributed by atoms with van der Waals surface area (Å²) in [5, 5.41) is 5.85. The number of hydrogen-bond acceptors (Lipinski definition) is 5. The molecule has 0 aliphatic carbocycles. The number of ether oxygens (including phenoxy) is 3. The third kappa shape index (κ3) is 7.11. The fourth-order valence-corrected chi connectivity index (χ4v) is 5.24. The zero-order chi connectivity index (χ0) is 28.0. The highest BCUT2D eigenvalue weighted by atomic mass is 19.4. The Kier molecular flexibility index (Phi) is 8.83. The van der Waals surface area contributed by atoms with Crippen molar-refractivity contribution in [1.29, 1.82) is 0 Å². The third-order valence-corrected chi connectivity index (χ3v) is 7.15. The van der Waals surface area contributed by atoms with E-state index in [9.17, 15) is 27.2 Å². The van der Waals surface area contributed by atoms with E-state index < -0.39 is 23.5 Å². The first-order valence-electron chi connectivity index (χ1n) is 12.7. The molecule has 39 heavy (non-hydrogen) atoms. The van der Waals surface area contributed by atoms with Gasteiger partial charge in [0.05, 0.1) is 18.6 Å². The van der Waals surface area contributed by atoms with Crippen molar-refractivity contribution in [2.24, 2.45) is 0 Å². The van der Waals surface area contributed by atoms with Crippen LogP contribution in [0.15, 0.2) is 42.5 Å². The number of para-hydroxylation sites is 1. The number of nitrogens with one attached hydrogen (secondary N) is 2. The fraction of sp³-hybridized carbons (Fsp3) is 0.481. The average Bonchev–Trinajstić information content (AvgIpc) is 2.88. The van der Waals surface area contributed by atoms with Crippen molar-refractivity contribution in [1.82, 2.24) is 15.5 Å². The molecule has 12 heteroatoms. The first-order valence-corrected chi connectivity index (χ1v) is 12.7. The largest absolute Gasteiger partial charge is 0.573 e. The molecule has 8 nitrogen and oxygen atoms in total. The maximum absolute atomic E-state index is 14.1. The van der Waals surface area contributed by atoms with Gasteiger partial charge in [0.15, 0.2) is 0 Å². The second-order valence-electron chi connectivity index (χ2n) is 9.63. The number of nitrogens with zero attached hydrogens (tertiary/aromatic N) is 1. The highest BCUT2D eigenvalue weighted by Gasteiger charge is 2.47. The highest BCUT2D eigenvalue weighted by molar-refractivity contribution is 5.80. The lowest BCUT2D eigenvalue weighted by Crippen LogP contribution is -2.66. The van der Waals surface area contributed by atoms with Gasteiger partial charge in [-0.05, 0) is 25.0 Å². The molecule has 0 bridgehead atoms. The number of piperidine rings is 1. The molecule has 2 fully saturated rings. The molecule has 2 aliphatic rings. The van der Waals surface area contributed by atoms with Crippen LogP contribution in [0.4, 0.5) is 22.4 Å². The standard InChI is InChI=1S/C27H31F4N3O5/c1-37-13-4-14-38-23-16-19(28)7-8-20(23)21-17-32-25(36)33-26(21)9-11-34(12-10-26)24(35)15-18-5-2-3-6-22(18)39-27(29,30)31/h2-3,5-8,16,21H,4,9-15,17H2,1H3,(H2,32,33,36). The van der Waals surface area contributed by atoms with Gasteiger partial charge in [0.1, 0.15) is 17.3 Å². The van der Waals surface area contributed by atoms with Crippen molar-refractivity contribution < 1.29 is 41.4 Å². The van der Waals surface area contributed by atoms with Crippen LogP contribution in [-0.2, 0) is 16.0 Å². The van der Waals surface area contributed by atoms with E-state index in [4.69, 9.17) is 9.47 Å². The normalized spacial score (nSPS) is 18.8. The Morgan fingerprint density at radius 3 is 2.56 bits per heavy atom. The summed E-state index contributed by atoms with van der Waals surface area (Å²) in [6.07, 6.45) is -3.71. The predicted octanol–water partition coefficient (Wildman–Crippen LogP) is 4.14. The number of hydrogen-bond donors (Lipinski definition) is 2. The minimum Gasteiger partial charge on any atom is -0.493 e. The topological polar surface area (TPSA) is 89.1 Å². The molecule has 212 valence electrons. The van der Waals surface area contributed by atoms with E-state index in [0.29, 0.717) is 44.8 Å². The number of urea groups is 1. The van der Waals surface area contributed by atoms with Gasteiger partial charge in [-0.1, -0.05) is 24.3 Å². The van der Waals surface area contributed by atoms with Gasteiger partial charge in [-0.15, -0.1) is 13.2 Å². The first kappa shape index (κ1) is 28.5. The second-order valence-corrected chi connectivity index (χ2v) is 9.63.